The molecule has 2 aromatic carbocycles. The van der Waals surface area contributed by atoms with Gasteiger partial charge < -0.3 is 29.1 Å². The Kier molecular flexibility index (Phi) is 12.1. The number of ether oxygens (including phenoxy) is 3. The number of carbonyl (C=O) groups excluding carboxylic acids is 2. The number of likely N-dealkylation sites (tertiary alicyclic amines) is 1. The highest BCUT2D eigenvalue weighted by Gasteiger charge is 2.46. The predicted octanol–water partition coefficient (Wildman–Crippen LogP) is 6.06. The van der Waals surface area contributed by atoms with Crippen LogP contribution in [0.3, 0.4) is 0 Å². The SMILES string of the molecule is CCCOc1ccc(C(O)=C2C(=O)C(=O)N(CCCN(CC)CC)[C@@H]2c2ccc(OCCC(C)C)c(OC)c2)cc1. The molecular weight excluding hydrogens is 520 g/mol. The van der Waals surface area contributed by atoms with E-state index in [1.54, 1.807) is 42.3 Å². The van der Waals surface area contributed by atoms with Crippen LogP contribution in [0.4, 0.5) is 0 Å². The Hall–Kier alpha value is -3.52. The second-order valence-electron chi connectivity index (χ2n) is 10.7. The van der Waals surface area contributed by atoms with Crippen molar-refractivity contribution in [1.82, 2.24) is 9.80 Å². The van der Waals surface area contributed by atoms with Crippen molar-refractivity contribution < 1.29 is 28.9 Å². The van der Waals surface area contributed by atoms with E-state index in [0.29, 0.717) is 60.5 Å². The molecule has 1 aliphatic rings. The van der Waals surface area contributed by atoms with E-state index in [0.717, 1.165) is 32.5 Å². The summed E-state index contributed by atoms with van der Waals surface area (Å²) in [5, 5.41) is 11.4. The van der Waals surface area contributed by atoms with Crippen LogP contribution in [0.2, 0.25) is 0 Å². The Balaban J connectivity index is 2.02. The van der Waals surface area contributed by atoms with Crippen LogP contribution < -0.4 is 14.2 Å². The first-order chi connectivity index (χ1) is 19.7. The first-order valence-corrected chi connectivity index (χ1v) is 14.8. The maximum Gasteiger partial charge on any atom is 0.295 e. The summed E-state index contributed by atoms with van der Waals surface area (Å²) >= 11 is 0. The second-order valence-corrected chi connectivity index (χ2v) is 10.7. The lowest BCUT2D eigenvalue weighted by Gasteiger charge is -2.27. The summed E-state index contributed by atoms with van der Waals surface area (Å²) in [5.74, 6) is 0.764. The number of amides is 1. The molecule has 3 rings (SSSR count). The molecule has 1 saturated heterocycles. The highest BCUT2D eigenvalue weighted by Crippen LogP contribution is 2.42. The monoisotopic (exact) mass is 566 g/mol. The molecule has 2 aromatic rings. The molecular formula is C33H46N2O6. The van der Waals surface area contributed by atoms with E-state index >= 15 is 0 Å². The van der Waals surface area contributed by atoms with Crippen LogP contribution in [0.5, 0.6) is 17.2 Å². The number of rotatable bonds is 16. The molecule has 41 heavy (non-hydrogen) atoms. The lowest BCUT2D eigenvalue weighted by molar-refractivity contribution is -0.140. The van der Waals surface area contributed by atoms with Crippen molar-refractivity contribution in [1.29, 1.82) is 0 Å². The van der Waals surface area contributed by atoms with E-state index in [2.05, 4.69) is 32.6 Å². The smallest absolute Gasteiger partial charge is 0.295 e. The number of aliphatic hydroxyl groups is 1. The summed E-state index contributed by atoms with van der Waals surface area (Å²) in [7, 11) is 1.57. The standard InChI is InChI=1S/C33H46N2O6/c1-7-20-40-26-14-11-24(12-15-26)31(36)29-30(35(33(38)32(29)37)19-10-18-34(8-2)9-3)25-13-16-27(28(22-25)39-6)41-21-17-23(4)5/h11-16,22-23,30,36H,7-10,17-21H2,1-6H3/t30-/m1/s1. The summed E-state index contributed by atoms with van der Waals surface area (Å²) in [4.78, 5) is 30.7. The van der Waals surface area contributed by atoms with Crippen LogP contribution in [-0.2, 0) is 9.59 Å². The minimum Gasteiger partial charge on any atom is -0.507 e. The van der Waals surface area contributed by atoms with Gasteiger partial charge in [-0.15, -0.1) is 0 Å². The fourth-order valence-corrected chi connectivity index (χ4v) is 4.92. The maximum atomic E-state index is 13.5. The quantitative estimate of drug-likeness (QED) is 0.150. The molecule has 8 heteroatoms. The number of aliphatic hydroxyl groups excluding tert-OH is 1. The van der Waals surface area contributed by atoms with Crippen LogP contribution in [0.25, 0.3) is 5.76 Å². The molecule has 1 atom stereocenters. The number of carbonyl (C=O) groups is 2. The summed E-state index contributed by atoms with van der Waals surface area (Å²) in [6.45, 7) is 14.6. The number of methoxy groups -OCH3 is 1. The average Bonchev–Trinajstić information content (AvgIpc) is 3.23. The molecule has 0 aromatic heterocycles. The Labute approximate surface area is 244 Å². The zero-order valence-electron chi connectivity index (χ0n) is 25.4. The maximum absolute atomic E-state index is 13.5. The molecule has 0 aliphatic carbocycles. The van der Waals surface area contributed by atoms with Gasteiger partial charge in [0.05, 0.1) is 31.9 Å². The number of Topliss-reactive ketones (excluding diaryl/α,β-unsaturated/α-hetero) is 1. The van der Waals surface area contributed by atoms with Gasteiger partial charge in [0.15, 0.2) is 11.5 Å². The van der Waals surface area contributed by atoms with E-state index in [9.17, 15) is 14.7 Å². The third-order valence-electron chi connectivity index (χ3n) is 7.36. The van der Waals surface area contributed by atoms with Crippen LogP contribution in [-0.4, -0.2) is 73.1 Å². The van der Waals surface area contributed by atoms with Crippen molar-refractivity contribution in [3.05, 3.63) is 59.2 Å². The Morgan fingerprint density at radius 3 is 2.29 bits per heavy atom. The van der Waals surface area contributed by atoms with Crippen LogP contribution in [0.15, 0.2) is 48.0 Å². The molecule has 8 nitrogen and oxygen atoms in total. The van der Waals surface area contributed by atoms with Gasteiger partial charge in [-0.25, -0.2) is 0 Å². The van der Waals surface area contributed by atoms with Crippen molar-refractivity contribution >= 4 is 17.4 Å². The van der Waals surface area contributed by atoms with Crippen LogP contribution in [0, 0.1) is 5.92 Å². The van der Waals surface area contributed by atoms with Gasteiger partial charge >= 0.3 is 0 Å². The fourth-order valence-electron chi connectivity index (χ4n) is 4.92. The number of hydrogen-bond acceptors (Lipinski definition) is 7. The summed E-state index contributed by atoms with van der Waals surface area (Å²) in [5.41, 5.74) is 1.18. The van der Waals surface area contributed by atoms with Gasteiger partial charge in [-0.3, -0.25) is 9.59 Å². The molecule has 0 saturated carbocycles. The molecule has 1 fully saturated rings. The number of nitrogens with zero attached hydrogens (tertiary/aromatic N) is 2. The Bertz CT molecular complexity index is 1190. The molecule has 0 unspecified atom stereocenters. The van der Waals surface area contributed by atoms with Gasteiger partial charge in [-0.1, -0.05) is 40.7 Å². The molecule has 0 bridgehead atoms. The lowest BCUT2D eigenvalue weighted by atomic mass is 9.95. The average molecular weight is 567 g/mol. The minimum absolute atomic E-state index is 0.0654. The van der Waals surface area contributed by atoms with Crippen LogP contribution >= 0.6 is 0 Å². The zero-order valence-corrected chi connectivity index (χ0v) is 25.4. The molecule has 0 radical (unpaired) electrons. The summed E-state index contributed by atoms with van der Waals surface area (Å²) < 4.78 is 17.3. The van der Waals surface area contributed by atoms with E-state index in [4.69, 9.17) is 14.2 Å². The minimum atomic E-state index is -0.763. The van der Waals surface area contributed by atoms with Crippen molar-refractivity contribution in [3.8, 4) is 17.2 Å². The van der Waals surface area contributed by atoms with Crippen molar-refractivity contribution in [2.45, 2.75) is 59.9 Å². The number of ketones is 1. The van der Waals surface area contributed by atoms with Crippen molar-refractivity contribution in [2.75, 3.05) is 46.5 Å². The molecule has 1 heterocycles. The molecule has 224 valence electrons. The highest BCUT2D eigenvalue weighted by molar-refractivity contribution is 6.46. The largest absolute Gasteiger partial charge is 0.507 e. The topological polar surface area (TPSA) is 88.5 Å². The van der Waals surface area contributed by atoms with E-state index in [1.165, 1.54) is 0 Å². The van der Waals surface area contributed by atoms with Gasteiger partial charge in [-0.05, 0) is 86.8 Å². The number of hydrogen-bond donors (Lipinski definition) is 1. The summed E-state index contributed by atoms with van der Waals surface area (Å²) in [6, 6.07) is 11.6. The first kappa shape index (κ1) is 32.0. The Morgan fingerprint density at radius 1 is 0.976 bits per heavy atom. The summed E-state index contributed by atoms with van der Waals surface area (Å²) in [6.07, 6.45) is 2.48. The van der Waals surface area contributed by atoms with Crippen molar-refractivity contribution in [2.24, 2.45) is 5.92 Å². The Morgan fingerprint density at radius 2 is 1.68 bits per heavy atom. The van der Waals surface area contributed by atoms with Gasteiger partial charge in [0.25, 0.3) is 11.7 Å². The molecule has 1 amide bonds. The molecule has 0 spiro atoms. The molecule has 1 aliphatic heterocycles. The van der Waals surface area contributed by atoms with E-state index < -0.39 is 17.7 Å². The van der Waals surface area contributed by atoms with Gasteiger partial charge in [0, 0.05) is 12.1 Å². The van der Waals surface area contributed by atoms with Gasteiger partial charge in [-0.2, -0.15) is 0 Å². The zero-order chi connectivity index (χ0) is 29.9. The first-order valence-electron chi connectivity index (χ1n) is 14.8. The second kappa shape index (κ2) is 15.5. The van der Waals surface area contributed by atoms with Gasteiger partial charge in [0.1, 0.15) is 11.5 Å². The van der Waals surface area contributed by atoms with E-state index in [1.807, 2.05) is 19.1 Å². The number of benzene rings is 2. The normalized spacial score (nSPS) is 16.6. The van der Waals surface area contributed by atoms with Crippen molar-refractivity contribution in [3.63, 3.8) is 0 Å². The highest BCUT2D eigenvalue weighted by atomic mass is 16.5. The van der Waals surface area contributed by atoms with Gasteiger partial charge in [0.2, 0.25) is 0 Å². The third kappa shape index (κ3) is 8.03. The fraction of sp³-hybridized carbons (Fsp3) is 0.515. The molecule has 1 N–H and O–H groups in total. The predicted molar refractivity (Wildman–Crippen MR) is 162 cm³/mol. The van der Waals surface area contributed by atoms with Crippen LogP contribution in [0.1, 0.15) is 71.0 Å². The lowest BCUT2D eigenvalue weighted by Crippen LogP contribution is -2.33. The van der Waals surface area contributed by atoms with E-state index in [-0.39, 0.29) is 11.3 Å². The third-order valence-corrected chi connectivity index (χ3v) is 7.36.